The molecule has 162 valence electrons. The van der Waals surface area contributed by atoms with Crippen molar-refractivity contribution in [3.8, 4) is 0 Å². The number of amides is 1. The molecule has 0 aliphatic heterocycles. The smallest absolute Gasteiger partial charge is 0.271 e. The van der Waals surface area contributed by atoms with Crippen molar-refractivity contribution >= 4 is 40.5 Å². The number of carbonyl (C=O) groups excluding carboxylic acids is 1. The van der Waals surface area contributed by atoms with Gasteiger partial charge in [-0.3, -0.25) is 4.79 Å². The first-order valence-corrected chi connectivity index (χ1v) is 12.1. The minimum atomic E-state index is -0.154. The van der Waals surface area contributed by atoms with Crippen molar-refractivity contribution in [1.82, 2.24) is 5.43 Å². The minimum Gasteiger partial charge on any atom is -0.369 e. The summed E-state index contributed by atoms with van der Waals surface area (Å²) in [6, 6.07) is 7.55. The van der Waals surface area contributed by atoms with Crippen LogP contribution in [-0.2, 0) is 0 Å². The number of carbonyl (C=O) groups is 1. The fourth-order valence-electron chi connectivity index (χ4n) is 3.94. The largest absolute Gasteiger partial charge is 0.369 e. The summed E-state index contributed by atoms with van der Waals surface area (Å²) in [5.74, 6) is 1.46. The standard InChI is InChI=1S/C23H35Cl2N3O/c1-2-3-4-5-6-8-19-9-7-10-22(19)26-27-23(29)20-11-13-21(14-12-20)28(17-15-24)18-16-25/h11-14,19H,2-10,15-18H2,1H3,(H,27,29)/b26-22+. The van der Waals surface area contributed by atoms with Gasteiger partial charge in [-0.25, -0.2) is 5.43 Å². The molecule has 4 nitrogen and oxygen atoms in total. The third kappa shape index (κ3) is 8.18. The van der Waals surface area contributed by atoms with Gasteiger partial charge in [0.25, 0.3) is 5.91 Å². The SMILES string of the molecule is CCCCCCCC1CCC/C1=N\NC(=O)c1ccc(N(CCCl)CCCl)cc1. The third-order valence-electron chi connectivity index (χ3n) is 5.62. The number of hydrogen-bond donors (Lipinski definition) is 1. The maximum atomic E-state index is 12.5. The number of unbranched alkanes of at least 4 members (excludes halogenated alkanes) is 4. The fraction of sp³-hybridized carbons (Fsp3) is 0.652. The third-order valence-corrected chi connectivity index (χ3v) is 5.96. The van der Waals surface area contributed by atoms with E-state index in [1.54, 1.807) is 0 Å². The van der Waals surface area contributed by atoms with Crippen molar-refractivity contribution in [2.24, 2.45) is 11.0 Å². The highest BCUT2D eigenvalue weighted by Crippen LogP contribution is 2.27. The molecule has 1 aliphatic carbocycles. The molecule has 1 N–H and O–H groups in total. The summed E-state index contributed by atoms with van der Waals surface area (Å²) in [6.45, 7) is 3.70. The fourth-order valence-corrected chi connectivity index (χ4v) is 4.35. The lowest BCUT2D eigenvalue weighted by Crippen LogP contribution is -2.27. The zero-order valence-electron chi connectivity index (χ0n) is 17.6. The van der Waals surface area contributed by atoms with Crippen molar-refractivity contribution in [2.45, 2.75) is 64.7 Å². The van der Waals surface area contributed by atoms with Gasteiger partial charge in [0, 0.05) is 41.8 Å². The molecule has 1 aromatic carbocycles. The Labute approximate surface area is 186 Å². The minimum absolute atomic E-state index is 0.154. The van der Waals surface area contributed by atoms with E-state index in [1.807, 2.05) is 24.3 Å². The lowest BCUT2D eigenvalue weighted by Gasteiger charge is -2.22. The number of rotatable bonds is 13. The molecule has 0 aromatic heterocycles. The molecule has 2 rings (SSSR count). The number of alkyl halides is 2. The first kappa shape index (κ1) is 24.0. The Morgan fingerprint density at radius 1 is 1.10 bits per heavy atom. The van der Waals surface area contributed by atoms with Crippen molar-refractivity contribution < 1.29 is 4.79 Å². The molecule has 1 aliphatic rings. The van der Waals surface area contributed by atoms with Crippen LogP contribution in [-0.4, -0.2) is 36.5 Å². The van der Waals surface area contributed by atoms with Crippen LogP contribution in [0.25, 0.3) is 0 Å². The highest BCUT2D eigenvalue weighted by Gasteiger charge is 2.22. The van der Waals surface area contributed by atoms with Gasteiger partial charge < -0.3 is 4.90 Å². The summed E-state index contributed by atoms with van der Waals surface area (Å²) >= 11 is 11.7. The number of hydrogen-bond acceptors (Lipinski definition) is 3. The monoisotopic (exact) mass is 439 g/mol. The van der Waals surface area contributed by atoms with E-state index in [2.05, 4.69) is 22.4 Å². The molecule has 0 spiro atoms. The lowest BCUT2D eigenvalue weighted by atomic mass is 9.98. The van der Waals surface area contributed by atoms with E-state index in [1.165, 1.54) is 57.1 Å². The number of anilines is 1. The van der Waals surface area contributed by atoms with Gasteiger partial charge in [0.15, 0.2) is 0 Å². The van der Waals surface area contributed by atoms with Crippen molar-refractivity contribution in [1.29, 1.82) is 0 Å². The normalized spacial score (nSPS) is 17.6. The second kappa shape index (κ2) is 13.9. The number of nitrogens with zero attached hydrogens (tertiary/aromatic N) is 2. The number of halogens is 2. The van der Waals surface area contributed by atoms with Gasteiger partial charge in [-0.05, 0) is 55.9 Å². The van der Waals surface area contributed by atoms with Crippen LogP contribution in [0.1, 0.15) is 75.1 Å². The van der Waals surface area contributed by atoms with E-state index in [-0.39, 0.29) is 5.91 Å². The van der Waals surface area contributed by atoms with Crippen LogP contribution in [0.5, 0.6) is 0 Å². The summed E-state index contributed by atoms with van der Waals surface area (Å²) in [7, 11) is 0. The summed E-state index contributed by atoms with van der Waals surface area (Å²) in [5, 5.41) is 4.48. The van der Waals surface area contributed by atoms with E-state index in [0.29, 0.717) is 23.2 Å². The zero-order chi connectivity index (χ0) is 20.9. The van der Waals surface area contributed by atoms with E-state index in [9.17, 15) is 4.79 Å². The van der Waals surface area contributed by atoms with Crippen molar-refractivity contribution in [3.05, 3.63) is 29.8 Å². The molecule has 0 saturated heterocycles. The first-order chi connectivity index (χ1) is 14.2. The van der Waals surface area contributed by atoms with Crippen LogP contribution < -0.4 is 10.3 Å². The molecule has 1 atom stereocenters. The highest BCUT2D eigenvalue weighted by atomic mass is 35.5. The average molecular weight is 440 g/mol. The van der Waals surface area contributed by atoms with Crippen LogP contribution >= 0.6 is 23.2 Å². The van der Waals surface area contributed by atoms with Gasteiger partial charge in [-0.2, -0.15) is 5.10 Å². The maximum Gasteiger partial charge on any atom is 0.271 e. The van der Waals surface area contributed by atoms with Gasteiger partial charge in [0.05, 0.1) is 0 Å². The van der Waals surface area contributed by atoms with Gasteiger partial charge in [-0.1, -0.05) is 39.0 Å². The second-order valence-corrected chi connectivity index (χ2v) is 8.50. The van der Waals surface area contributed by atoms with Crippen molar-refractivity contribution in [2.75, 3.05) is 29.7 Å². The quantitative estimate of drug-likeness (QED) is 0.225. The summed E-state index contributed by atoms with van der Waals surface area (Å²) in [4.78, 5) is 14.6. The lowest BCUT2D eigenvalue weighted by molar-refractivity contribution is 0.0954. The number of benzene rings is 1. The summed E-state index contributed by atoms with van der Waals surface area (Å²) in [6.07, 6.45) is 11.1. The molecule has 0 heterocycles. The predicted octanol–water partition coefficient (Wildman–Crippen LogP) is 6.22. The van der Waals surface area contributed by atoms with E-state index < -0.39 is 0 Å². The van der Waals surface area contributed by atoms with E-state index >= 15 is 0 Å². The zero-order valence-corrected chi connectivity index (χ0v) is 19.1. The molecule has 1 saturated carbocycles. The Balaban J connectivity index is 1.87. The van der Waals surface area contributed by atoms with Crippen LogP contribution in [0.15, 0.2) is 29.4 Å². The number of hydrazone groups is 1. The Hall–Kier alpha value is -1.26. The summed E-state index contributed by atoms with van der Waals surface area (Å²) in [5.41, 5.74) is 5.58. The number of nitrogens with one attached hydrogen (secondary N) is 1. The molecular formula is C23H35Cl2N3O. The summed E-state index contributed by atoms with van der Waals surface area (Å²) < 4.78 is 0. The predicted molar refractivity (Wildman–Crippen MR) is 126 cm³/mol. The molecule has 29 heavy (non-hydrogen) atoms. The molecule has 1 unspecified atom stereocenters. The van der Waals surface area contributed by atoms with Gasteiger partial charge >= 0.3 is 0 Å². The Bertz CT molecular complexity index is 628. The Morgan fingerprint density at radius 3 is 2.45 bits per heavy atom. The van der Waals surface area contributed by atoms with Crippen LogP contribution in [0, 0.1) is 5.92 Å². The highest BCUT2D eigenvalue weighted by molar-refractivity contribution is 6.18. The molecule has 1 amide bonds. The van der Waals surface area contributed by atoms with Gasteiger partial charge in [0.2, 0.25) is 0 Å². The average Bonchev–Trinajstić information content (AvgIpc) is 3.19. The Morgan fingerprint density at radius 2 is 1.79 bits per heavy atom. The molecule has 0 bridgehead atoms. The van der Waals surface area contributed by atoms with Crippen LogP contribution in [0.2, 0.25) is 0 Å². The van der Waals surface area contributed by atoms with E-state index in [0.717, 1.165) is 25.2 Å². The van der Waals surface area contributed by atoms with Gasteiger partial charge in [-0.15, -0.1) is 23.2 Å². The molecule has 1 aromatic rings. The first-order valence-electron chi connectivity index (χ1n) is 11.0. The topological polar surface area (TPSA) is 44.7 Å². The van der Waals surface area contributed by atoms with Crippen molar-refractivity contribution in [3.63, 3.8) is 0 Å². The molecule has 0 radical (unpaired) electrons. The molecule has 1 fully saturated rings. The van der Waals surface area contributed by atoms with Crippen LogP contribution in [0.4, 0.5) is 5.69 Å². The van der Waals surface area contributed by atoms with Gasteiger partial charge in [0.1, 0.15) is 0 Å². The second-order valence-electron chi connectivity index (χ2n) is 7.75. The van der Waals surface area contributed by atoms with E-state index in [4.69, 9.17) is 23.2 Å². The molecule has 6 heteroatoms. The Kier molecular flexibility index (Phi) is 11.5. The maximum absolute atomic E-state index is 12.5. The van der Waals surface area contributed by atoms with Crippen LogP contribution in [0.3, 0.4) is 0 Å². The molecular weight excluding hydrogens is 405 g/mol.